The molecule has 3 atom stereocenters. The highest BCUT2D eigenvalue weighted by atomic mass is 79.9. The zero-order chi connectivity index (χ0) is 15.0. The molecular weight excluding hydrogens is 342 g/mol. The maximum atomic E-state index is 3.78. The van der Waals surface area contributed by atoms with E-state index in [4.69, 9.17) is 0 Å². The first kappa shape index (κ1) is 16.0. The summed E-state index contributed by atoms with van der Waals surface area (Å²) in [6.45, 7) is 8.47. The fourth-order valence-corrected chi connectivity index (χ4v) is 5.46. The quantitative estimate of drug-likeness (QED) is 0.705. The van der Waals surface area contributed by atoms with Gasteiger partial charge in [-0.15, -0.1) is 0 Å². The highest BCUT2D eigenvalue weighted by molar-refractivity contribution is 9.10. The second-order valence-electron chi connectivity index (χ2n) is 8.10. The summed E-state index contributed by atoms with van der Waals surface area (Å²) in [6.07, 6.45) is 6.93. The molecule has 2 aliphatic rings. The van der Waals surface area contributed by atoms with Crippen LogP contribution in [0.4, 0.5) is 0 Å². The molecular formula is C18H28BrNS. The van der Waals surface area contributed by atoms with Crippen molar-refractivity contribution in [3.8, 4) is 0 Å². The maximum absolute atomic E-state index is 3.78. The first-order valence-electron chi connectivity index (χ1n) is 8.40. The molecule has 1 N–H and O–H groups in total. The summed E-state index contributed by atoms with van der Waals surface area (Å²) < 4.78 is 1.34. The van der Waals surface area contributed by atoms with Crippen LogP contribution < -0.4 is 5.32 Å². The van der Waals surface area contributed by atoms with Gasteiger partial charge < -0.3 is 5.32 Å². The molecule has 0 radical (unpaired) electrons. The third-order valence-electron chi connectivity index (χ3n) is 5.51. The van der Waals surface area contributed by atoms with Gasteiger partial charge in [0, 0.05) is 15.9 Å². The van der Waals surface area contributed by atoms with Gasteiger partial charge in [-0.25, -0.2) is 0 Å². The van der Waals surface area contributed by atoms with E-state index < -0.39 is 0 Å². The number of hydrogen-bond acceptors (Lipinski definition) is 2. The Morgan fingerprint density at radius 3 is 2.52 bits per heavy atom. The predicted octanol–water partition coefficient (Wildman–Crippen LogP) is 5.81. The molecule has 1 aromatic heterocycles. The molecule has 2 aliphatic carbocycles. The van der Waals surface area contributed by atoms with E-state index >= 15 is 0 Å². The van der Waals surface area contributed by atoms with Crippen LogP contribution in [0.1, 0.15) is 64.4 Å². The van der Waals surface area contributed by atoms with Crippen LogP contribution in [-0.4, -0.2) is 12.6 Å². The van der Waals surface area contributed by atoms with E-state index in [9.17, 15) is 0 Å². The first-order chi connectivity index (χ1) is 9.95. The van der Waals surface area contributed by atoms with Gasteiger partial charge in [0.15, 0.2) is 0 Å². The lowest BCUT2D eigenvalue weighted by Gasteiger charge is -2.42. The van der Waals surface area contributed by atoms with Crippen molar-refractivity contribution >= 4 is 27.3 Å². The topological polar surface area (TPSA) is 12.0 Å². The third-order valence-corrected chi connectivity index (χ3v) is 7.26. The minimum absolute atomic E-state index is 0.440. The molecule has 2 fully saturated rings. The number of rotatable bonds is 4. The lowest BCUT2D eigenvalue weighted by Crippen LogP contribution is -2.36. The van der Waals surface area contributed by atoms with Gasteiger partial charge in [-0.3, -0.25) is 0 Å². The summed E-state index contributed by atoms with van der Waals surface area (Å²) in [6, 6.07) is 0.830. The monoisotopic (exact) mass is 369 g/mol. The molecule has 3 rings (SSSR count). The lowest BCUT2D eigenvalue weighted by atomic mass is 9.64. The summed E-state index contributed by atoms with van der Waals surface area (Å²) in [5, 5.41) is 8.41. The van der Waals surface area contributed by atoms with Crippen LogP contribution in [0.5, 0.6) is 0 Å². The van der Waals surface area contributed by atoms with E-state index in [1.165, 1.54) is 43.1 Å². The molecule has 3 heteroatoms. The van der Waals surface area contributed by atoms with E-state index in [2.05, 4.69) is 52.8 Å². The van der Waals surface area contributed by atoms with Gasteiger partial charge in [-0.1, -0.05) is 20.8 Å². The first-order valence-corrected chi connectivity index (χ1v) is 10.1. The Hall–Kier alpha value is 0.140. The predicted molar refractivity (Wildman–Crippen MR) is 96.1 cm³/mol. The summed E-state index contributed by atoms with van der Waals surface area (Å²) in [4.78, 5) is 0. The molecule has 0 saturated heterocycles. The molecule has 0 spiro atoms. The average Bonchev–Trinajstić information content (AvgIpc) is 3.16. The fraction of sp³-hybridized carbons (Fsp3) is 0.778. The zero-order valence-electron chi connectivity index (χ0n) is 13.5. The molecule has 2 saturated carbocycles. The van der Waals surface area contributed by atoms with Crippen molar-refractivity contribution in [1.82, 2.24) is 5.32 Å². The van der Waals surface area contributed by atoms with E-state index in [1.807, 2.05) is 11.3 Å². The summed E-state index contributed by atoms with van der Waals surface area (Å²) in [5.41, 5.74) is 2.01. The summed E-state index contributed by atoms with van der Waals surface area (Å²) >= 11 is 5.62. The lowest BCUT2D eigenvalue weighted by molar-refractivity contribution is 0.129. The molecule has 1 heterocycles. The van der Waals surface area contributed by atoms with E-state index in [-0.39, 0.29) is 0 Å². The zero-order valence-corrected chi connectivity index (χ0v) is 15.9. The normalized spacial score (nSPS) is 30.6. The van der Waals surface area contributed by atoms with Gasteiger partial charge in [0.2, 0.25) is 0 Å². The minimum atomic E-state index is 0.440. The van der Waals surface area contributed by atoms with Crippen LogP contribution >= 0.6 is 27.3 Å². The second kappa shape index (κ2) is 6.33. The van der Waals surface area contributed by atoms with Crippen molar-refractivity contribution in [3.63, 3.8) is 0 Å². The van der Waals surface area contributed by atoms with Crippen molar-refractivity contribution < 1.29 is 0 Å². The Labute approximate surface area is 142 Å². The van der Waals surface area contributed by atoms with Gasteiger partial charge in [-0.05, 0) is 88.7 Å². The van der Waals surface area contributed by atoms with Crippen LogP contribution in [0.25, 0.3) is 0 Å². The van der Waals surface area contributed by atoms with Crippen molar-refractivity contribution in [2.45, 2.75) is 64.8 Å². The highest BCUT2D eigenvalue weighted by Crippen LogP contribution is 2.48. The molecule has 0 aliphatic heterocycles. The van der Waals surface area contributed by atoms with Gasteiger partial charge in [0.05, 0.1) is 0 Å². The van der Waals surface area contributed by atoms with Crippen LogP contribution in [0.15, 0.2) is 15.2 Å². The third kappa shape index (κ3) is 3.92. The summed E-state index contributed by atoms with van der Waals surface area (Å²) in [5.74, 6) is 2.40. The second-order valence-corrected chi connectivity index (χ2v) is 9.70. The van der Waals surface area contributed by atoms with Crippen molar-refractivity contribution in [2.24, 2.45) is 17.3 Å². The highest BCUT2D eigenvalue weighted by Gasteiger charge is 2.37. The minimum Gasteiger partial charge on any atom is -0.314 e. The SMILES string of the molecule is CC(C)(C)C1CCC(CNC2CC2)C(c2cscc2Br)C1. The smallest absolute Gasteiger partial charge is 0.0317 e. The molecule has 0 amide bonds. The van der Waals surface area contributed by atoms with Gasteiger partial charge in [0.1, 0.15) is 0 Å². The van der Waals surface area contributed by atoms with Crippen LogP contribution in [0.3, 0.4) is 0 Å². The number of halogens is 1. The Morgan fingerprint density at radius 1 is 1.19 bits per heavy atom. The van der Waals surface area contributed by atoms with Crippen molar-refractivity contribution in [1.29, 1.82) is 0 Å². The molecule has 21 heavy (non-hydrogen) atoms. The molecule has 0 bridgehead atoms. The molecule has 3 unspecified atom stereocenters. The number of hydrogen-bond donors (Lipinski definition) is 1. The molecule has 118 valence electrons. The van der Waals surface area contributed by atoms with E-state index in [1.54, 1.807) is 5.56 Å². The Morgan fingerprint density at radius 2 is 1.95 bits per heavy atom. The molecule has 1 aromatic rings. The van der Waals surface area contributed by atoms with Gasteiger partial charge >= 0.3 is 0 Å². The van der Waals surface area contributed by atoms with Crippen LogP contribution in [0.2, 0.25) is 0 Å². The Bertz CT molecular complexity index is 472. The van der Waals surface area contributed by atoms with Crippen LogP contribution in [0, 0.1) is 17.3 Å². The number of nitrogens with one attached hydrogen (secondary N) is 1. The van der Waals surface area contributed by atoms with Gasteiger partial charge in [-0.2, -0.15) is 11.3 Å². The van der Waals surface area contributed by atoms with Crippen LogP contribution in [-0.2, 0) is 0 Å². The largest absolute Gasteiger partial charge is 0.314 e. The Kier molecular flexibility index (Phi) is 4.83. The maximum Gasteiger partial charge on any atom is 0.0317 e. The Balaban J connectivity index is 1.74. The average molecular weight is 370 g/mol. The van der Waals surface area contributed by atoms with E-state index in [0.29, 0.717) is 5.41 Å². The standard InChI is InChI=1S/C18H28BrNS/c1-18(2,3)13-5-4-12(9-20-14-6-7-14)15(8-13)16-10-21-11-17(16)19/h10-15,20H,4-9H2,1-3H3. The van der Waals surface area contributed by atoms with Gasteiger partial charge in [0.25, 0.3) is 0 Å². The van der Waals surface area contributed by atoms with E-state index in [0.717, 1.165) is 23.8 Å². The molecule has 1 nitrogen and oxygen atoms in total. The molecule has 0 aromatic carbocycles. The van der Waals surface area contributed by atoms with Crippen molar-refractivity contribution in [2.75, 3.05) is 6.54 Å². The van der Waals surface area contributed by atoms with Crippen molar-refractivity contribution in [3.05, 3.63) is 20.8 Å². The summed E-state index contributed by atoms with van der Waals surface area (Å²) in [7, 11) is 0. The number of thiophene rings is 1. The fourth-order valence-electron chi connectivity index (χ4n) is 3.81.